The molecular weight excluding hydrogens is 289 g/mol. The summed E-state index contributed by atoms with van der Waals surface area (Å²) in [4.78, 5) is 7.71. The second kappa shape index (κ2) is 4.67. The summed E-state index contributed by atoms with van der Waals surface area (Å²) in [5.41, 5.74) is 6.39. The van der Waals surface area contributed by atoms with E-state index in [9.17, 15) is 4.39 Å². The first-order chi connectivity index (χ1) is 8.08. The molecule has 0 aliphatic heterocycles. The van der Waals surface area contributed by atoms with Gasteiger partial charge in [0.1, 0.15) is 28.2 Å². The average Bonchev–Trinajstić information content (AvgIpc) is 2.30. The van der Waals surface area contributed by atoms with Crippen molar-refractivity contribution in [1.82, 2.24) is 9.97 Å². The first-order valence-electron chi connectivity index (χ1n) is 4.78. The van der Waals surface area contributed by atoms with Crippen LogP contribution in [0, 0.1) is 12.7 Å². The van der Waals surface area contributed by atoms with Crippen LogP contribution in [0.1, 0.15) is 5.56 Å². The van der Waals surface area contributed by atoms with Gasteiger partial charge in [-0.05, 0) is 34.5 Å². The monoisotopic (exact) mass is 297 g/mol. The smallest absolute Gasteiger partial charge is 0.238 e. The van der Waals surface area contributed by atoms with Crippen molar-refractivity contribution < 1.29 is 9.13 Å². The van der Waals surface area contributed by atoms with Crippen molar-refractivity contribution in [2.75, 3.05) is 5.73 Å². The molecule has 2 rings (SSSR count). The molecule has 1 aromatic carbocycles. The minimum absolute atomic E-state index is 0.256. The summed E-state index contributed by atoms with van der Waals surface area (Å²) in [5.74, 6) is 0.544. The maximum Gasteiger partial charge on any atom is 0.238 e. The van der Waals surface area contributed by atoms with Gasteiger partial charge in [-0.25, -0.2) is 14.4 Å². The lowest BCUT2D eigenvalue weighted by Gasteiger charge is -2.09. The van der Waals surface area contributed by atoms with Crippen LogP contribution in [0.5, 0.6) is 11.6 Å². The summed E-state index contributed by atoms with van der Waals surface area (Å²) in [7, 11) is 0. The number of anilines is 1. The van der Waals surface area contributed by atoms with Crippen LogP contribution in [-0.2, 0) is 0 Å². The van der Waals surface area contributed by atoms with E-state index in [0.717, 1.165) is 5.56 Å². The predicted octanol–water partition coefficient (Wildman–Crippen LogP) is 3.06. The lowest BCUT2D eigenvalue weighted by Crippen LogP contribution is -1.97. The fraction of sp³-hybridized carbons (Fsp3) is 0.0909. The first kappa shape index (κ1) is 11.8. The van der Waals surface area contributed by atoms with E-state index in [4.69, 9.17) is 10.5 Å². The number of aromatic nitrogens is 2. The van der Waals surface area contributed by atoms with Gasteiger partial charge in [0.05, 0.1) is 0 Å². The van der Waals surface area contributed by atoms with Gasteiger partial charge < -0.3 is 10.5 Å². The minimum atomic E-state index is -0.372. The molecule has 2 N–H and O–H groups in total. The highest BCUT2D eigenvalue weighted by Gasteiger charge is 2.10. The average molecular weight is 298 g/mol. The lowest BCUT2D eigenvalue weighted by molar-refractivity contribution is 0.450. The highest BCUT2D eigenvalue weighted by Crippen LogP contribution is 2.31. The van der Waals surface area contributed by atoms with Gasteiger partial charge in [0.15, 0.2) is 0 Å². The van der Waals surface area contributed by atoms with Crippen molar-refractivity contribution in [3.63, 3.8) is 0 Å². The zero-order valence-electron chi connectivity index (χ0n) is 8.95. The highest BCUT2D eigenvalue weighted by molar-refractivity contribution is 9.10. The predicted molar refractivity (Wildman–Crippen MR) is 65.4 cm³/mol. The van der Waals surface area contributed by atoms with E-state index in [2.05, 4.69) is 25.9 Å². The topological polar surface area (TPSA) is 61.0 Å². The number of rotatable bonds is 2. The molecule has 0 amide bonds. The molecule has 17 heavy (non-hydrogen) atoms. The molecule has 0 atom stereocenters. The second-order valence-corrected chi connectivity index (χ2v) is 4.18. The van der Waals surface area contributed by atoms with Crippen molar-refractivity contribution in [2.24, 2.45) is 0 Å². The number of aryl methyl sites for hydroxylation is 1. The van der Waals surface area contributed by atoms with Gasteiger partial charge in [0, 0.05) is 6.07 Å². The summed E-state index contributed by atoms with van der Waals surface area (Å²) in [6.45, 7) is 1.81. The molecule has 0 fully saturated rings. The molecule has 0 aliphatic carbocycles. The van der Waals surface area contributed by atoms with Crippen molar-refractivity contribution in [2.45, 2.75) is 6.92 Å². The molecule has 0 radical (unpaired) electrons. The normalized spacial score (nSPS) is 10.3. The van der Waals surface area contributed by atoms with Crippen LogP contribution in [0.2, 0.25) is 0 Å². The number of ether oxygens (including phenoxy) is 1. The van der Waals surface area contributed by atoms with Crippen LogP contribution in [-0.4, -0.2) is 9.97 Å². The Balaban J connectivity index is 2.38. The summed E-state index contributed by atoms with van der Waals surface area (Å²) in [5, 5.41) is 0. The van der Waals surface area contributed by atoms with E-state index in [1.54, 1.807) is 6.07 Å². The minimum Gasteiger partial charge on any atom is -0.437 e. The SMILES string of the molecule is Cc1ccc(F)cc1Oc1ncnc(N)c1Br. The maximum absolute atomic E-state index is 13.1. The molecule has 2 aromatic rings. The van der Waals surface area contributed by atoms with E-state index in [0.29, 0.717) is 10.2 Å². The summed E-state index contributed by atoms with van der Waals surface area (Å²) in [6.07, 6.45) is 1.28. The summed E-state index contributed by atoms with van der Waals surface area (Å²) in [6, 6.07) is 4.29. The summed E-state index contributed by atoms with van der Waals surface area (Å²) < 4.78 is 19.0. The van der Waals surface area contributed by atoms with Crippen molar-refractivity contribution >= 4 is 21.7 Å². The molecule has 0 saturated carbocycles. The van der Waals surface area contributed by atoms with Crippen LogP contribution in [0.25, 0.3) is 0 Å². The van der Waals surface area contributed by atoms with Crippen molar-refractivity contribution in [3.8, 4) is 11.6 Å². The third-order valence-electron chi connectivity index (χ3n) is 2.14. The molecule has 0 bridgehead atoms. The van der Waals surface area contributed by atoms with Gasteiger partial charge in [-0.3, -0.25) is 0 Å². The molecule has 88 valence electrons. The molecule has 0 saturated heterocycles. The Kier molecular flexibility index (Phi) is 3.23. The molecular formula is C11H9BrFN3O. The standard InChI is InChI=1S/C11H9BrFN3O/c1-6-2-3-7(13)4-8(6)17-11-9(12)10(14)15-5-16-11/h2-5H,1H3,(H2,14,15,16). The zero-order chi connectivity index (χ0) is 12.4. The third kappa shape index (κ3) is 2.52. The lowest BCUT2D eigenvalue weighted by atomic mass is 10.2. The van der Waals surface area contributed by atoms with Crippen LogP contribution in [0.3, 0.4) is 0 Å². The van der Waals surface area contributed by atoms with Crippen molar-refractivity contribution in [1.29, 1.82) is 0 Å². The molecule has 0 spiro atoms. The van der Waals surface area contributed by atoms with Crippen LogP contribution in [0.4, 0.5) is 10.2 Å². The number of nitrogens with zero attached hydrogens (tertiary/aromatic N) is 2. The van der Waals surface area contributed by atoms with E-state index in [-0.39, 0.29) is 17.5 Å². The van der Waals surface area contributed by atoms with E-state index in [1.807, 2.05) is 6.92 Å². The molecule has 0 aliphatic rings. The van der Waals surface area contributed by atoms with Crippen molar-refractivity contribution in [3.05, 3.63) is 40.4 Å². The Morgan fingerprint density at radius 1 is 1.35 bits per heavy atom. The number of nitrogens with two attached hydrogens (primary N) is 1. The number of benzene rings is 1. The van der Waals surface area contributed by atoms with E-state index < -0.39 is 0 Å². The first-order valence-corrected chi connectivity index (χ1v) is 5.57. The van der Waals surface area contributed by atoms with Gasteiger partial charge in [-0.15, -0.1) is 0 Å². The Morgan fingerprint density at radius 2 is 2.12 bits per heavy atom. The van der Waals surface area contributed by atoms with Gasteiger partial charge in [-0.2, -0.15) is 0 Å². The fourth-order valence-corrected chi connectivity index (χ4v) is 1.51. The number of hydrogen-bond donors (Lipinski definition) is 1. The van der Waals surface area contributed by atoms with Gasteiger partial charge in [0.2, 0.25) is 5.88 Å². The molecule has 1 aromatic heterocycles. The highest BCUT2D eigenvalue weighted by atomic mass is 79.9. The number of hydrogen-bond acceptors (Lipinski definition) is 4. The third-order valence-corrected chi connectivity index (χ3v) is 2.89. The molecule has 0 unspecified atom stereocenters. The van der Waals surface area contributed by atoms with Gasteiger partial charge >= 0.3 is 0 Å². The molecule has 6 heteroatoms. The van der Waals surface area contributed by atoms with Crippen LogP contribution >= 0.6 is 15.9 Å². The van der Waals surface area contributed by atoms with Crippen LogP contribution in [0.15, 0.2) is 29.0 Å². The fourth-order valence-electron chi connectivity index (χ4n) is 1.23. The molecule has 1 heterocycles. The Morgan fingerprint density at radius 3 is 2.88 bits per heavy atom. The maximum atomic E-state index is 13.1. The largest absolute Gasteiger partial charge is 0.437 e. The summed E-state index contributed by atoms with van der Waals surface area (Å²) >= 11 is 3.21. The zero-order valence-corrected chi connectivity index (χ0v) is 10.5. The van der Waals surface area contributed by atoms with E-state index in [1.165, 1.54) is 18.5 Å². The Hall–Kier alpha value is -1.69. The van der Waals surface area contributed by atoms with Crippen LogP contribution < -0.4 is 10.5 Å². The Bertz CT molecular complexity index is 562. The van der Waals surface area contributed by atoms with Gasteiger partial charge in [-0.1, -0.05) is 6.07 Å². The van der Waals surface area contributed by atoms with E-state index >= 15 is 0 Å². The number of halogens is 2. The number of nitrogen functional groups attached to an aromatic ring is 1. The van der Waals surface area contributed by atoms with Gasteiger partial charge in [0.25, 0.3) is 0 Å². The molecule has 4 nitrogen and oxygen atoms in total. The second-order valence-electron chi connectivity index (χ2n) is 3.39. The Labute approximate surface area is 106 Å². The quantitative estimate of drug-likeness (QED) is 0.925.